The summed E-state index contributed by atoms with van der Waals surface area (Å²) in [4.78, 5) is 12.0. The fourth-order valence-electron chi connectivity index (χ4n) is 2.32. The summed E-state index contributed by atoms with van der Waals surface area (Å²) in [6.45, 7) is 0.934. The molecule has 0 aliphatic carbocycles. The molecule has 1 saturated heterocycles. The fourth-order valence-corrected chi connectivity index (χ4v) is 3.27. The van der Waals surface area contributed by atoms with Gasteiger partial charge in [0.05, 0.1) is 12.6 Å². The fraction of sp³-hybridized carbons (Fsp3) is 0.533. The second-order valence-electron chi connectivity index (χ2n) is 5.07. The normalized spacial score (nSPS) is 20.4. The first-order chi connectivity index (χ1) is 9.78. The third-order valence-electron chi connectivity index (χ3n) is 3.34. The highest BCUT2D eigenvalue weighted by molar-refractivity contribution is 7.99. The van der Waals surface area contributed by atoms with Crippen LogP contribution in [0.1, 0.15) is 12.0 Å². The van der Waals surface area contributed by atoms with Gasteiger partial charge in [-0.1, -0.05) is 30.3 Å². The Morgan fingerprint density at radius 3 is 2.90 bits per heavy atom. The van der Waals surface area contributed by atoms with Crippen LogP contribution in [0.3, 0.4) is 0 Å². The molecule has 1 fully saturated rings. The SMILES string of the molecule is O=C(CC1CSCCN1)N[C@@H](CO)Cc1ccccc1. The molecule has 0 spiro atoms. The Morgan fingerprint density at radius 1 is 1.45 bits per heavy atom. The summed E-state index contributed by atoms with van der Waals surface area (Å²) in [6, 6.07) is 9.96. The summed E-state index contributed by atoms with van der Waals surface area (Å²) in [5.74, 6) is 2.11. The van der Waals surface area contributed by atoms with Crippen LogP contribution in [-0.2, 0) is 11.2 Å². The summed E-state index contributed by atoms with van der Waals surface area (Å²) in [5.41, 5.74) is 1.12. The molecule has 4 nitrogen and oxygen atoms in total. The maximum absolute atomic E-state index is 12.0. The molecule has 1 aromatic rings. The van der Waals surface area contributed by atoms with Gasteiger partial charge in [0.15, 0.2) is 0 Å². The Hall–Kier alpha value is -1.04. The number of benzene rings is 1. The smallest absolute Gasteiger partial charge is 0.221 e. The Labute approximate surface area is 124 Å². The van der Waals surface area contributed by atoms with Crippen molar-refractivity contribution in [1.82, 2.24) is 10.6 Å². The number of carbonyl (C=O) groups is 1. The standard InChI is InChI=1S/C15H22N2O2S/c18-10-13(8-12-4-2-1-3-5-12)17-15(19)9-14-11-20-7-6-16-14/h1-5,13-14,16,18H,6-11H2,(H,17,19)/t13-,14?/m1/s1. The van der Waals surface area contributed by atoms with Crippen LogP contribution in [-0.4, -0.2) is 47.8 Å². The molecule has 1 unspecified atom stereocenters. The Bertz CT molecular complexity index is 408. The van der Waals surface area contributed by atoms with Crippen LogP contribution in [0, 0.1) is 0 Å². The second kappa shape index (κ2) is 8.29. The molecular formula is C15H22N2O2S. The Morgan fingerprint density at radius 2 is 2.25 bits per heavy atom. The lowest BCUT2D eigenvalue weighted by atomic mass is 10.1. The van der Waals surface area contributed by atoms with Crippen molar-refractivity contribution in [3.05, 3.63) is 35.9 Å². The zero-order valence-electron chi connectivity index (χ0n) is 11.5. The largest absolute Gasteiger partial charge is 0.394 e. The molecule has 0 bridgehead atoms. The van der Waals surface area contributed by atoms with E-state index >= 15 is 0 Å². The number of nitrogens with one attached hydrogen (secondary N) is 2. The summed E-state index contributed by atoms with van der Waals surface area (Å²) < 4.78 is 0. The van der Waals surface area contributed by atoms with Crippen LogP contribution in [0.4, 0.5) is 0 Å². The number of amides is 1. The van der Waals surface area contributed by atoms with E-state index in [-0.39, 0.29) is 24.6 Å². The molecule has 2 atom stereocenters. The minimum Gasteiger partial charge on any atom is -0.394 e. The first-order valence-corrected chi connectivity index (χ1v) is 8.18. The molecule has 1 aliphatic rings. The first-order valence-electron chi connectivity index (χ1n) is 7.03. The van der Waals surface area contributed by atoms with E-state index in [1.807, 2.05) is 42.1 Å². The minimum absolute atomic E-state index is 0.0139. The van der Waals surface area contributed by atoms with Gasteiger partial charge in [0.25, 0.3) is 0 Å². The monoisotopic (exact) mass is 294 g/mol. The predicted molar refractivity (Wildman–Crippen MR) is 82.9 cm³/mol. The van der Waals surface area contributed by atoms with E-state index in [9.17, 15) is 9.90 Å². The van der Waals surface area contributed by atoms with Crippen molar-refractivity contribution >= 4 is 17.7 Å². The number of hydrogen-bond donors (Lipinski definition) is 3. The van der Waals surface area contributed by atoms with Gasteiger partial charge < -0.3 is 15.7 Å². The highest BCUT2D eigenvalue weighted by atomic mass is 32.2. The molecule has 110 valence electrons. The van der Waals surface area contributed by atoms with E-state index in [4.69, 9.17) is 0 Å². The highest BCUT2D eigenvalue weighted by Crippen LogP contribution is 2.10. The van der Waals surface area contributed by atoms with Gasteiger partial charge in [-0.3, -0.25) is 4.79 Å². The zero-order chi connectivity index (χ0) is 14.2. The molecule has 5 heteroatoms. The van der Waals surface area contributed by atoms with Crippen LogP contribution in [0.15, 0.2) is 30.3 Å². The topological polar surface area (TPSA) is 61.4 Å². The van der Waals surface area contributed by atoms with Crippen molar-refractivity contribution in [2.75, 3.05) is 24.7 Å². The van der Waals surface area contributed by atoms with Gasteiger partial charge in [-0.15, -0.1) is 0 Å². The minimum atomic E-state index is -0.207. The summed E-state index contributed by atoms with van der Waals surface area (Å²) >= 11 is 1.88. The van der Waals surface area contributed by atoms with Crippen molar-refractivity contribution in [1.29, 1.82) is 0 Å². The maximum atomic E-state index is 12.0. The highest BCUT2D eigenvalue weighted by Gasteiger charge is 2.18. The molecule has 0 aromatic heterocycles. The molecule has 0 saturated carbocycles. The second-order valence-corrected chi connectivity index (χ2v) is 6.22. The zero-order valence-corrected chi connectivity index (χ0v) is 12.4. The maximum Gasteiger partial charge on any atom is 0.221 e. The van der Waals surface area contributed by atoms with Gasteiger partial charge in [-0.2, -0.15) is 11.8 Å². The summed E-state index contributed by atoms with van der Waals surface area (Å²) in [5, 5.41) is 15.7. The third-order valence-corrected chi connectivity index (χ3v) is 4.47. The Balaban J connectivity index is 1.78. The van der Waals surface area contributed by atoms with Crippen molar-refractivity contribution in [3.8, 4) is 0 Å². The van der Waals surface area contributed by atoms with Crippen LogP contribution in [0.2, 0.25) is 0 Å². The number of rotatable bonds is 6. The molecule has 1 heterocycles. The molecule has 1 amide bonds. The predicted octanol–water partition coefficient (Wildman–Crippen LogP) is 0.801. The van der Waals surface area contributed by atoms with Gasteiger partial charge in [0, 0.05) is 30.5 Å². The lowest BCUT2D eigenvalue weighted by molar-refractivity contribution is -0.122. The molecular weight excluding hydrogens is 272 g/mol. The number of carbonyl (C=O) groups excluding carboxylic acids is 1. The molecule has 2 rings (SSSR count). The molecule has 0 radical (unpaired) electrons. The van der Waals surface area contributed by atoms with Crippen LogP contribution in [0.25, 0.3) is 0 Å². The van der Waals surface area contributed by atoms with E-state index in [1.54, 1.807) is 0 Å². The quantitative estimate of drug-likeness (QED) is 0.726. The van der Waals surface area contributed by atoms with Crippen molar-refractivity contribution < 1.29 is 9.90 Å². The molecule has 1 aromatic carbocycles. The van der Waals surface area contributed by atoms with E-state index in [1.165, 1.54) is 0 Å². The number of aliphatic hydroxyl groups excluding tert-OH is 1. The molecule has 1 aliphatic heterocycles. The average Bonchev–Trinajstić information content (AvgIpc) is 2.48. The summed E-state index contributed by atoms with van der Waals surface area (Å²) in [6.07, 6.45) is 1.15. The number of hydrogen-bond acceptors (Lipinski definition) is 4. The van der Waals surface area contributed by atoms with E-state index in [2.05, 4.69) is 10.6 Å². The lowest BCUT2D eigenvalue weighted by Gasteiger charge is -2.24. The van der Waals surface area contributed by atoms with Crippen LogP contribution < -0.4 is 10.6 Å². The average molecular weight is 294 g/mol. The van der Waals surface area contributed by atoms with Gasteiger partial charge in [-0.25, -0.2) is 0 Å². The Kier molecular flexibility index (Phi) is 6.36. The summed E-state index contributed by atoms with van der Waals surface area (Å²) in [7, 11) is 0. The van der Waals surface area contributed by atoms with E-state index in [0.29, 0.717) is 12.8 Å². The molecule has 3 N–H and O–H groups in total. The van der Waals surface area contributed by atoms with E-state index < -0.39 is 0 Å². The van der Waals surface area contributed by atoms with Crippen molar-refractivity contribution in [3.63, 3.8) is 0 Å². The third kappa shape index (κ3) is 5.15. The number of thioether (sulfide) groups is 1. The van der Waals surface area contributed by atoms with E-state index in [0.717, 1.165) is 23.6 Å². The van der Waals surface area contributed by atoms with Gasteiger partial charge in [0.2, 0.25) is 5.91 Å². The van der Waals surface area contributed by atoms with Gasteiger partial charge in [-0.05, 0) is 12.0 Å². The molecule has 20 heavy (non-hydrogen) atoms. The van der Waals surface area contributed by atoms with Crippen LogP contribution >= 0.6 is 11.8 Å². The van der Waals surface area contributed by atoms with Crippen molar-refractivity contribution in [2.24, 2.45) is 0 Å². The number of aliphatic hydroxyl groups is 1. The van der Waals surface area contributed by atoms with Gasteiger partial charge in [0.1, 0.15) is 0 Å². The lowest BCUT2D eigenvalue weighted by Crippen LogP contribution is -2.45. The van der Waals surface area contributed by atoms with Crippen molar-refractivity contribution in [2.45, 2.75) is 24.9 Å². The first kappa shape index (κ1) is 15.4. The van der Waals surface area contributed by atoms with Crippen LogP contribution in [0.5, 0.6) is 0 Å². The van der Waals surface area contributed by atoms with Gasteiger partial charge >= 0.3 is 0 Å².